The van der Waals surface area contributed by atoms with E-state index in [2.05, 4.69) is 20.1 Å². The Labute approximate surface area is 164 Å². The van der Waals surface area contributed by atoms with Crippen molar-refractivity contribution in [2.45, 2.75) is 36.9 Å². The molecular weight excluding hydrogens is 360 g/mol. The second kappa shape index (κ2) is 7.88. The van der Waals surface area contributed by atoms with Gasteiger partial charge in [-0.25, -0.2) is 4.98 Å². The molecule has 27 heavy (non-hydrogen) atoms. The normalized spacial score (nSPS) is 23.0. The zero-order valence-corrected chi connectivity index (χ0v) is 16.7. The van der Waals surface area contributed by atoms with Crippen LogP contribution in [0.15, 0.2) is 29.6 Å². The highest BCUT2D eigenvalue weighted by Gasteiger charge is 2.38. The maximum Gasteiger partial charge on any atom is 0.228 e. The van der Waals surface area contributed by atoms with Crippen molar-refractivity contribution >= 4 is 23.5 Å². The summed E-state index contributed by atoms with van der Waals surface area (Å²) in [4.78, 5) is 22.1. The summed E-state index contributed by atoms with van der Waals surface area (Å²) < 4.78 is 2.03. The number of thioether (sulfide) groups is 1. The molecule has 0 saturated carbocycles. The number of nitrogens with zero attached hydrogens (tertiary/aromatic N) is 6. The summed E-state index contributed by atoms with van der Waals surface area (Å²) in [6.07, 6.45) is 7.76. The molecule has 0 bridgehead atoms. The summed E-state index contributed by atoms with van der Waals surface area (Å²) in [5, 5.41) is 9.54. The van der Waals surface area contributed by atoms with Gasteiger partial charge in [-0.2, -0.15) is 0 Å². The quantitative estimate of drug-likeness (QED) is 0.752. The lowest BCUT2D eigenvalue weighted by atomic mass is 9.96. The monoisotopic (exact) mass is 386 g/mol. The Morgan fingerprint density at radius 2 is 2.04 bits per heavy atom. The molecule has 4 rings (SSSR count). The molecule has 0 unspecified atom stereocenters. The fourth-order valence-corrected chi connectivity index (χ4v) is 4.74. The van der Waals surface area contributed by atoms with Gasteiger partial charge in [-0.15, -0.1) is 10.2 Å². The van der Waals surface area contributed by atoms with Crippen LogP contribution in [-0.4, -0.2) is 56.4 Å². The van der Waals surface area contributed by atoms with E-state index in [1.54, 1.807) is 11.8 Å². The molecule has 2 aliphatic rings. The van der Waals surface area contributed by atoms with Crippen LogP contribution in [-0.2, 0) is 11.8 Å². The van der Waals surface area contributed by atoms with E-state index in [0.717, 1.165) is 62.1 Å². The van der Waals surface area contributed by atoms with E-state index in [-0.39, 0.29) is 17.9 Å². The summed E-state index contributed by atoms with van der Waals surface area (Å²) in [6.45, 7) is 2.52. The second-order valence-electron chi connectivity index (χ2n) is 7.27. The summed E-state index contributed by atoms with van der Waals surface area (Å²) in [7, 11) is 1.99. The van der Waals surface area contributed by atoms with E-state index >= 15 is 0 Å². The summed E-state index contributed by atoms with van der Waals surface area (Å²) in [5.74, 6) is 2.15. The van der Waals surface area contributed by atoms with Crippen LogP contribution in [0.25, 0.3) is 0 Å². The van der Waals surface area contributed by atoms with Gasteiger partial charge in [0, 0.05) is 32.9 Å². The van der Waals surface area contributed by atoms with Crippen LogP contribution in [0, 0.1) is 5.92 Å². The van der Waals surface area contributed by atoms with Crippen molar-refractivity contribution in [2.75, 3.05) is 30.8 Å². The number of hydrogen-bond donors (Lipinski definition) is 0. The van der Waals surface area contributed by atoms with Gasteiger partial charge in [0.25, 0.3) is 0 Å². The van der Waals surface area contributed by atoms with E-state index in [1.165, 1.54) is 0 Å². The van der Waals surface area contributed by atoms with Crippen molar-refractivity contribution in [3.8, 4) is 0 Å². The van der Waals surface area contributed by atoms with Gasteiger partial charge in [-0.05, 0) is 44.1 Å². The Kier molecular flexibility index (Phi) is 5.33. The summed E-state index contributed by atoms with van der Waals surface area (Å²) in [5.41, 5.74) is 0. The molecule has 0 N–H and O–H groups in total. The molecule has 2 aromatic rings. The van der Waals surface area contributed by atoms with Crippen molar-refractivity contribution in [1.82, 2.24) is 24.6 Å². The first-order valence-corrected chi connectivity index (χ1v) is 10.8. The maximum absolute atomic E-state index is 13.4. The lowest BCUT2D eigenvalue weighted by molar-refractivity contribution is -0.137. The third-order valence-corrected chi connectivity index (χ3v) is 6.35. The smallest absolute Gasteiger partial charge is 0.228 e. The first-order valence-electron chi connectivity index (χ1n) is 9.58. The highest BCUT2D eigenvalue weighted by Crippen LogP contribution is 2.34. The van der Waals surface area contributed by atoms with Gasteiger partial charge in [0.05, 0.1) is 12.0 Å². The Morgan fingerprint density at radius 3 is 2.78 bits per heavy atom. The number of anilines is 1. The molecule has 2 saturated heterocycles. The van der Waals surface area contributed by atoms with Gasteiger partial charge < -0.3 is 14.4 Å². The minimum Gasteiger partial charge on any atom is -0.356 e. The SMILES string of the molecule is CSc1nnc([C@@H]2CCCN2C(=O)[C@H]2CCCN(c3ccccn3)C2)n1C. The fraction of sp³-hybridized carbons (Fsp3) is 0.579. The Morgan fingerprint density at radius 1 is 1.19 bits per heavy atom. The van der Waals surface area contributed by atoms with Crippen LogP contribution in [0.3, 0.4) is 0 Å². The van der Waals surface area contributed by atoms with E-state index in [4.69, 9.17) is 0 Å². The largest absolute Gasteiger partial charge is 0.356 e. The number of likely N-dealkylation sites (tertiary alicyclic amines) is 1. The lowest BCUT2D eigenvalue weighted by Gasteiger charge is -2.36. The van der Waals surface area contributed by atoms with Crippen LogP contribution < -0.4 is 4.90 Å². The van der Waals surface area contributed by atoms with Gasteiger partial charge in [-0.3, -0.25) is 4.79 Å². The highest BCUT2D eigenvalue weighted by molar-refractivity contribution is 7.98. The topological polar surface area (TPSA) is 67.2 Å². The van der Waals surface area contributed by atoms with Crippen molar-refractivity contribution in [2.24, 2.45) is 13.0 Å². The van der Waals surface area contributed by atoms with Gasteiger partial charge in [0.1, 0.15) is 5.82 Å². The average Bonchev–Trinajstić information content (AvgIpc) is 3.34. The number of carbonyl (C=O) groups is 1. The second-order valence-corrected chi connectivity index (χ2v) is 8.04. The molecule has 8 heteroatoms. The lowest BCUT2D eigenvalue weighted by Crippen LogP contribution is -2.45. The number of piperidine rings is 1. The number of hydrogen-bond acceptors (Lipinski definition) is 6. The summed E-state index contributed by atoms with van der Waals surface area (Å²) >= 11 is 1.58. The zero-order chi connectivity index (χ0) is 18.8. The molecule has 4 heterocycles. The number of carbonyl (C=O) groups excluding carboxylic acids is 1. The fourth-order valence-electron chi connectivity index (χ4n) is 4.26. The van der Waals surface area contributed by atoms with Crippen LogP contribution in [0.4, 0.5) is 5.82 Å². The zero-order valence-electron chi connectivity index (χ0n) is 15.9. The molecule has 0 radical (unpaired) electrons. The number of aromatic nitrogens is 4. The maximum atomic E-state index is 13.4. The van der Waals surface area contributed by atoms with Gasteiger partial charge in [0.2, 0.25) is 5.91 Å². The van der Waals surface area contributed by atoms with Crippen molar-refractivity contribution in [3.05, 3.63) is 30.2 Å². The Hall–Kier alpha value is -2.09. The third kappa shape index (κ3) is 3.54. The van der Waals surface area contributed by atoms with Gasteiger partial charge in [0.15, 0.2) is 11.0 Å². The number of amides is 1. The average molecular weight is 387 g/mol. The van der Waals surface area contributed by atoms with Crippen molar-refractivity contribution in [1.29, 1.82) is 0 Å². The first-order chi connectivity index (χ1) is 13.2. The van der Waals surface area contributed by atoms with E-state index in [9.17, 15) is 4.79 Å². The molecular formula is C19H26N6OS. The predicted molar refractivity (Wildman–Crippen MR) is 106 cm³/mol. The van der Waals surface area contributed by atoms with Gasteiger partial charge >= 0.3 is 0 Å². The Balaban J connectivity index is 1.50. The number of rotatable bonds is 4. The van der Waals surface area contributed by atoms with Crippen LogP contribution in [0.2, 0.25) is 0 Å². The molecule has 2 atom stereocenters. The molecule has 2 aliphatic heterocycles. The molecule has 0 spiro atoms. The minimum absolute atomic E-state index is 0.0228. The third-order valence-electron chi connectivity index (χ3n) is 5.63. The predicted octanol–water partition coefficient (Wildman–Crippen LogP) is 2.51. The molecule has 7 nitrogen and oxygen atoms in total. The van der Waals surface area contributed by atoms with Crippen LogP contribution >= 0.6 is 11.8 Å². The van der Waals surface area contributed by atoms with Crippen molar-refractivity contribution < 1.29 is 4.79 Å². The Bertz CT molecular complexity index is 795. The molecule has 144 valence electrons. The molecule has 2 fully saturated rings. The molecule has 0 aromatic carbocycles. The van der Waals surface area contributed by atoms with E-state index in [0.29, 0.717) is 0 Å². The molecule has 0 aliphatic carbocycles. The van der Waals surface area contributed by atoms with E-state index in [1.807, 2.05) is 47.2 Å². The van der Waals surface area contributed by atoms with Crippen LogP contribution in [0.1, 0.15) is 37.5 Å². The van der Waals surface area contributed by atoms with Gasteiger partial charge in [-0.1, -0.05) is 17.8 Å². The van der Waals surface area contributed by atoms with Crippen molar-refractivity contribution in [3.63, 3.8) is 0 Å². The standard InChI is InChI=1S/C19H26N6OS/c1-23-17(21-22-19(23)27-2)15-8-6-12-25(15)18(26)14-7-5-11-24(13-14)16-9-3-4-10-20-16/h3-4,9-10,14-15H,5-8,11-13H2,1-2H3/t14-,15-/m0/s1. The number of pyridine rings is 1. The molecule has 2 aromatic heterocycles. The van der Waals surface area contributed by atoms with Crippen LogP contribution in [0.5, 0.6) is 0 Å². The first kappa shape index (κ1) is 18.3. The molecule has 1 amide bonds. The minimum atomic E-state index is 0.0228. The highest BCUT2D eigenvalue weighted by atomic mass is 32.2. The van der Waals surface area contributed by atoms with E-state index < -0.39 is 0 Å². The summed E-state index contributed by atoms with van der Waals surface area (Å²) in [6, 6.07) is 5.99.